The first kappa shape index (κ1) is 20.3. The van der Waals surface area contributed by atoms with E-state index in [1.165, 1.54) is 5.56 Å². The molecule has 1 heterocycles. The minimum absolute atomic E-state index is 0.136. The smallest absolute Gasteiger partial charge is 0.262 e. The Morgan fingerprint density at radius 2 is 1.58 bits per heavy atom. The maximum atomic E-state index is 12.4. The molecule has 1 amide bonds. The van der Waals surface area contributed by atoms with E-state index in [1.54, 1.807) is 6.07 Å². The number of nitrogens with zero attached hydrogens (tertiary/aromatic N) is 2. The van der Waals surface area contributed by atoms with Crippen molar-refractivity contribution >= 4 is 11.6 Å². The number of para-hydroxylation sites is 1. The number of benzene rings is 3. The highest BCUT2D eigenvalue weighted by Gasteiger charge is 2.15. The largest absolute Gasteiger partial charge is 0.483 e. The van der Waals surface area contributed by atoms with Crippen LogP contribution in [0.2, 0.25) is 0 Å². The Hall–Kier alpha value is -3.93. The lowest BCUT2D eigenvalue weighted by Crippen LogP contribution is -2.20. The predicted molar refractivity (Wildman–Crippen MR) is 120 cm³/mol. The van der Waals surface area contributed by atoms with Crippen LogP contribution in [0.25, 0.3) is 22.9 Å². The second-order valence-corrected chi connectivity index (χ2v) is 7.39. The topological polar surface area (TPSA) is 77.2 Å². The van der Waals surface area contributed by atoms with Crippen LogP contribution in [0.3, 0.4) is 0 Å². The van der Waals surface area contributed by atoms with Gasteiger partial charge in [-0.15, -0.1) is 10.2 Å². The molecule has 4 aromatic rings. The van der Waals surface area contributed by atoms with Gasteiger partial charge in [0.2, 0.25) is 5.89 Å². The van der Waals surface area contributed by atoms with Crippen molar-refractivity contribution in [3.63, 3.8) is 0 Å². The molecule has 3 aromatic carbocycles. The van der Waals surface area contributed by atoms with Crippen LogP contribution >= 0.6 is 0 Å². The maximum Gasteiger partial charge on any atom is 0.262 e. The Kier molecular flexibility index (Phi) is 6.08. The van der Waals surface area contributed by atoms with Gasteiger partial charge in [0.15, 0.2) is 6.61 Å². The van der Waals surface area contributed by atoms with Gasteiger partial charge >= 0.3 is 0 Å². The van der Waals surface area contributed by atoms with Gasteiger partial charge in [-0.2, -0.15) is 0 Å². The van der Waals surface area contributed by atoms with E-state index in [0.717, 1.165) is 11.3 Å². The number of carbonyl (C=O) groups is 1. The average molecular weight is 413 g/mol. The molecule has 1 aromatic heterocycles. The zero-order valence-electron chi connectivity index (χ0n) is 17.4. The van der Waals surface area contributed by atoms with Gasteiger partial charge in [0.05, 0.1) is 5.56 Å². The highest BCUT2D eigenvalue weighted by molar-refractivity contribution is 5.92. The molecule has 0 fully saturated rings. The summed E-state index contributed by atoms with van der Waals surface area (Å²) in [5, 5.41) is 11.1. The van der Waals surface area contributed by atoms with Crippen LogP contribution in [0.4, 0.5) is 5.69 Å². The summed E-state index contributed by atoms with van der Waals surface area (Å²) in [6.07, 6.45) is 0. The van der Waals surface area contributed by atoms with Gasteiger partial charge < -0.3 is 14.5 Å². The number of anilines is 1. The Balaban J connectivity index is 1.43. The van der Waals surface area contributed by atoms with Crippen molar-refractivity contribution in [2.45, 2.75) is 19.8 Å². The zero-order valence-corrected chi connectivity index (χ0v) is 17.4. The van der Waals surface area contributed by atoms with E-state index >= 15 is 0 Å². The van der Waals surface area contributed by atoms with Crippen molar-refractivity contribution in [1.82, 2.24) is 10.2 Å². The van der Waals surface area contributed by atoms with Gasteiger partial charge in [0, 0.05) is 11.3 Å². The van der Waals surface area contributed by atoms with E-state index in [0.29, 0.717) is 29.0 Å². The van der Waals surface area contributed by atoms with Crippen molar-refractivity contribution in [1.29, 1.82) is 0 Å². The molecule has 0 bridgehead atoms. The summed E-state index contributed by atoms with van der Waals surface area (Å²) in [4.78, 5) is 12.4. The number of aromatic nitrogens is 2. The van der Waals surface area contributed by atoms with Gasteiger partial charge in [0.1, 0.15) is 5.75 Å². The van der Waals surface area contributed by atoms with Crippen LogP contribution < -0.4 is 10.1 Å². The molecule has 0 radical (unpaired) electrons. The number of rotatable bonds is 7. The zero-order chi connectivity index (χ0) is 21.6. The third kappa shape index (κ3) is 4.98. The molecule has 1 N–H and O–H groups in total. The molecule has 6 nitrogen and oxygen atoms in total. The van der Waals surface area contributed by atoms with Crippen molar-refractivity contribution in [3.8, 4) is 28.7 Å². The van der Waals surface area contributed by atoms with E-state index in [-0.39, 0.29) is 12.5 Å². The van der Waals surface area contributed by atoms with E-state index < -0.39 is 0 Å². The molecular formula is C25H23N3O3. The van der Waals surface area contributed by atoms with Crippen molar-refractivity contribution in [2.75, 3.05) is 11.9 Å². The van der Waals surface area contributed by atoms with E-state index in [9.17, 15) is 4.79 Å². The molecule has 0 unspecified atom stereocenters. The first-order valence-electron chi connectivity index (χ1n) is 10.1. The molecule has 0 aliphatic carbocycles. The fourth-order valence-electron chi connectivity index (χ4n) is 3.09. The third-order valence-electron chi connectivity index (χ3n) is 4.78. The van der Waals surface area contributed by atoms with Crippen LogP contribution in [0.15, 0.2) is 83.3 Å². The molecule has 156 valence electrons. The SMILES string of the molecule is CC(C)c1ccc(NC(=O)COc2ccccc2-c2nnc(-c3ccccc3)o2)cc1. The quantitative estimate of drug-likeness (QED) is 0.430. The van der Waals surface area contributed by atoms with Crippen LogP contribution in [-0.2, 0) is 4.79 Å². The monoisotopic (exact) mass is 413 g/mol. The summed E-state index contributed by atoms with van der Waals surface area (Å²) in [5.41, 5.74) is 3.42. The van der Waals surface area contributed by atoms with Crippen LogP contribution in [0.1, 0.15) is 25.3 Å². The van der Waals surface area contributed by atoms with Crippen molar-refractivity contribution in [2.24, 2.45) is 0 Å². The lowest BCUT2D eigenvalue weighted by Gasteiger charge is -2.11. The summed E-state index contributed by atoms with van der Waals surface area (Å²) in [6.45, 7) is 4.12. The highest BCUT2D eigenvalue weighted by Crippen LogP contribution is 2.31. The molecule has 6 heteroatoms. The van der Waals surface area contributed by atoms with E-state index in [2.05, 4.69) is 29.4 Å². The third-order valence-corrected chi connectivity index (χ3v) is 4.78. The average Bonchev–Trinajstić information content (AvgIpc) is 3.29. The van der Waals surface area contributed by atoms with Crippen molar-refractivity contribution in [3.05, 3.63) is 84.4 Å². The highest BCUT2D eigenvalue weighted by atomic mass is 16.5. The molecule has 0 saturated carbocycles. The second kappa shape index (κ2) is 9.26. The van der Waals surface area contributed by atoms with Crippen molar-refractivity contribution < 1.29 is 13.9 Å². The lowest BCUT2D eigenvalue weighted by atomic mass is 10.0. The van der Waals surface area contributed by atoms with Crippen LogP contribution in [0.5, 0.6) is 5.75 Å². The van der Waals surface area contributed by atoms with Gasteiger partial charge in [-0.3, -0.25) is 4.79 Å². The number of hydrogen-bond donors (Lipinski definition) is 1. The maximum absolute atomic E-state index is 12.4. The summed E-state index contributed by atoms with van der Waals surface area (Å²) in [6, 6.07) is 24.6. The fraction of sp³-hybridized carbons (Fsp3) is 0.160. The van der Waals surface area contributed by atoms with Gasteiger partial charge in [0.25, 0.3) is 11.8 Å². The minimum Gasteiger partial charge on any atom is -0.483 e. The first-order chi connectivity index (χ1) is 15.1. The summed E-state index contributed by atoms with van der Waals surface area (Å²) in [5.74, 6) is 1.45. The van der Waals surface area contributed by atoms with Gasteiger partial charge in [-0.25, -0.2) is 0 Å². The Bertz CT molecular complexity index is 1150. The molecular weight excluding hydrogens is 390 g/mol. The summed E-state index contributed by atoms with van der Waals surface area (Å²) < 4.78 is 11.6. The minimum atomic E-state index is -0.248. The molecule has 31 heavy (non-hydrogen) atoms. The number of ether oxygens (including phenoxy) is 1. The molecule has 0 aliphatic rings. The summed E-state index contributed by atoms with van der Waals surface area (Å²) >= 11 is 0. The lowest BCUT2D eigenvalue weighted by molar-refractivity contribution is -0.118. The Morgan fingerprint density at radius 1 is 0.903 bits per heavy atom. The number of nitrogens with one attached hydrogen (secondary N) is 1. The number of carbonyl (C=O) groups excluding carboxylic acids is 1. The van der Waals surface area contributed by atoms with Gasteiger partial charge in [-0.05, 0) is 47.9 Å². The van der Waals surface area contributed by atoms with Crippen LogP contribution in [0, 0.1) is 0 Å². The normalized spacial score (nSPS) is 10.8. The molecule has 0 spiro atoms. The molecule has 4 rings (SSSR count). The number of hydrogen-bond acceptors (Lipinski definition) is 5. The Morgan fingerprint density at radius 3 is 2.32 bits per heavy atom. The van der Waals surface area contributed by atoms with Gasteiger partial charge in [-0.1, -0.05) is 56.3 Å². The standard InChI is InChI=1S/C25H23N3O3/c1-17(2)18-12-14-20(15-13-18)26-23(29)16-30-22-11-7-6-10-21(22)25-28-27-24(31-25)19-8-4-3-5-9-19/h3-15,17H,16H2,1-2H3,(H,26,29). The second-order valence-electron chi connectivity index (χ2n) is 7.39. The molecule has 0 aliphatic heterocycles. The van der Waals surface area contributed by atoms with E-state index in [4.69, 9.17) is 9.15 Å². The fourth-order valence-corrected chi connectivity index (χ4v) is 3.09. The molecule has 0 saturated heterocycles. The predicted octanol–water partition coefficient (Wildman–Crippen LogP) is 5.54. The Labute approximate surface area is 180 Å². The molecule has 0 atom stereocenters. The first-order valence-corrected chi connectivity index (χ1v) is 10.1. The van der Waals surface area contributed by atoms with E-state index in [1.807, 2.05) is 72.8 Å². The summed E-state index contributed by atoms with van der Waals surface area (Å²) in [7, 11) is 0. The number of amides is 1. The van der Waals surface area contributed by atoms with Crippen LogP contribution in [-0.4, -0.2) is 22.7 Å².